The molecule has 0 bridgehead atoms. The van der Waals surface area contributed by atoms with Crippen LogP contribution in [0, 0.1) is 5.82 Å². The van der Waals surface area contributed by atoms with Crippen molar-refractivity contribution in [2.45, 2.75) is 0 Å². The van der Waals surface area contributed by atoms with Crippen LogP contribution in [0.25, 0.3) is 11.1 Å². The summed E-state index contributed by atoms with van der Waals surface area (Å²) in [5.41, 5.74) is 0.924. The number of phenolic OH excluding ortho intramolecular Hbond substituents is 1. The number of hydrogen-bond donors (Lipinski definition) is 1. The molecule has 0 fully saturated rings. The maximum Gasteiger partial charge on any atom is 0.134 e. The molecule has 0 aliphatic rings. The summed E-state index contributed by atoms with van der Waals surface area (Å²) in [4.78, 5) is 0. The molecule has 0 unspecified atom stereocenters. The van der Waals surface area contributed by atoms with Gasteiger partial charge in [0.1, 0.15) is 11.6 Å². The number of benzene rings is 2. The molecule has 0 saturated heterocycles. The molecule has 0 aliphatic heterocycles. The zero-order valence-corrected chi connectivity index (χ0v) is 9.56. The molecule has 2 aromatic rings. The summed E-state index contributed by atoms with van der Waals surface area (Å²) in [6, 6.07) is 8.93. The number of rotatable bonds is 1. The van der Waals surface area contributed by atoms with Crippen LogP contribution in [-0.2, 0) is 0 Å². The molecule has 0 aliphatic carbocycles. The zero-order valence-electron chi connectivity index (χ0n) is 8.05. The first-order valence-electron chi connectivity index (χ1n) is 4.52. The molecule has 0 saturated carbocycles. The molecule has 0 spiro atoms. The highest BCUT2D eigenvalue weighted by Crippen LogP contribution is 2.31. The Morgan fingerprint density at radius 2 is 1.75 bits per heavy atom. The molecule has 82 valence electrons. The van der Waals surface area contributed by atoms with Crippen LogP contribution in [0.2, 0.25) is 10.0 Å². The second-order valence-corrected chi connectivity index (χ2v) is 4.13. The van der Waals surface area contributed by atoms with E-state index in [0.29, 0.717) is 16.1 Å². The molecule has 0 atom stereocenters. The first kappa shape index (κ1) is 11.2. The summed E-state index contributed by atoms with van der Waals surface area (Å²) >= 11 is 11.3. The summed E-state index contributed by atoms with van der Waals surface area (Å²) in [6.45, 7) is 0. The Hall–Kier alpha value is -1.25. The summed E-state index contributed by atoms with van der Waals surface area (Å²) < 4.78 is 13.6. The minimum Gasteiger partial charge on any atom is -0.506 e. The third-order valence-corrected chi connectivity index (χ3v) is 2.74. The Morgan fingerprint density at radius 1 is 1.00 bits per heavy atom. The van der Waals surface area contributed by atoms with Gasteiger partial charge in [0.15, 0.2) is 0 Å². The van der Waals surface area contributed by atoms with Crippen LogP contribution < -0.4 is 0 Å². The largest absolute Gasteiger partial charge is 0.506 e. The van der Waals surface area contributed by atoms with E-state index in [9.17, 15) is 9.50 Å². The molecule has 0 aromatic heterocycles. The Morgan fingerprint density at radius 3 is 2.38 bits per heavy atom. The van der Waals surface area contributed by atoms with Crippen molar-refractivity contribution in [3.8, 4) is 16.9 Å². The van der Waals surface area contributed by atoms with Crippen molar-refractivity contribution < 1.29 is 9.50 Å². The van der Waals surface area contributed by atoms with Crippen LogP contribution in [0.3, 0.4) is 0 Å². The van der Waals surface area contributed by atoms with E-state index in [1.807, 2.05) is 0 Å². The fourth-order valence-corrected chi connectivity index (χ4v) is 1.68. The van der Waals surface area contributed by atoms with Crippen LogP contribution in [0.1, 0.15) is 0 Å². The second-order valence-electron chi connectivity index (χ2n) is 3.29. The van der Waals surface area contributed by atoms with Crippen LogP contribution in [0.15, 0.2) is 36.4 Å². The maximum atomic E-state index is 13.6. The molecule has 4 heteroatoms. The first-order chi connectivity index (χ1) is 7.58. The van der Waals surface area contributed by atoms with Crippen LogP contribution in [-0.4, -0.2) is 5.11 Å². The molecular weight excluding hydrogens is 250 g/mol. The summed E-state index contributed by atoms with van der Waals surface area (Å²) in [5.74, 6) is -0.511. The molecular formula is C12H7Cl2FO. The molecule has 1 nitrogen and oxygen atoms in total. The minimum absolute atomic E-state index is 0.0754. The van der Waals surface area contributed by atoms with Gasteiger partial charge in [-0.15, -0.1) is 0 Å². The van der Waals surface area contributed by atoms with Gasteiger partial charge in [-0.1, -0.05) is 29.3 Å². The van der Waals surface area contributed by atoms with Gasteiger partial charge in [0.05, 0.1) is 5.02 Å². The van der Waals surface area contributed by atoms with Gasteiger partial charge in [-0.05, 0) is 35.9 Å². The zero-order chi connectivity index (χ0) is 11.7. The lowest BCUT2D eigenvalue weighted by Crippen LogP contribution is -1.84. The third kappa shape index (κ3) is 2.13. The van der Waals surface area contributed by atoms with Crippen molar-refractivity contribution in [1.29, 1.82) is 0 Å². The normalized spacial score (nSPS) is 10.4. The predicted molar refractivity (Wildman–Crippen MR) is 63.5 cm³/mol. The fraction of sp³-hybridized carbons (Fsp3) is 0. The lowest BCUT2D eigenvalue weighted by molar-refractivity contribution is 0.476. The molecule has 0 radical (unpaired) electrons. The van der Waals surface area contributed by atoms with E-state index < -0.39 is 5.82 Å². The van der Waals surface area contributed by atoms with E-state index in [1.165, 1.54) is 18.2 Å². The molecule has 16 heavy (non-hydrogen) atoms. The minimum atomic E-state index is -0.436. The van der Waals surface area contributed by atoms with Crippen molar-refractivity contribution in [1.82, 2.24) is 0 Å². The highest BCUT2D eigenvalue weighted by Gasteiger charge is 2.07. The van der Waals surface area contributed by atoms with Gasteiger partial charge in [-0.3, -0.25) is 0 Å². The van der Waals surface area contributed by atoms with Gasteiger partial charge in [0, 0.05) is 10.6 Å². The molecule has 1 N–H and O–H groups in total. The average molecular weight is 257 g/mol. The van der Waals surface area contributed by atoms with E-state index in [0.717, 1.165) is 0 Å². The Labute approximate surface area is 102 Å². The highest BCUT2D eigenvalue weighted by atomic mass is 35.5. The summed E-state index contributed by atoms with van der Waals surface area (Å²) in [7, 11) is 0. The summed E-state index contributed by atoms with van der Waals surface area (Å²) in [5, 5.41) is 9.99. The monoisotopic (exact) mass is 256 g/mol. The van der Waals surface area contributed by atoms with Crippen LogP contribution in [0.4, 0.5) is 4.39 Å². The standard InChI is InChI=1S/C12H7Cl2FO/c13-8-2-3-9(11(15)6-8)7-1-4-10(14)12(16)5-7/h1-6,16H. The van der Waals surface area contributed by atoms with Gasteiger partial charge in [0.2, 0.25) is 0 Å². The Kier molecular flexibility index (Phi) is 3.03. The van der Waals surface area contributed by atoms with Gasteiger partial charge >= 0.3 is 0 Å². The van der Waals surface area contributed by atoms with Crippen molar-refractivity contribution in [3.05, 3.63) is 52.3 Å². The first-order valence-corrected chi connectivity index (χ1v) is 5.27. The van der Waals surface area contributed by atoms with E-state index in [-0.39, 0.29) is 10.8 Å². The van der Waals surface area contributed by atoms with E-state index in [2.05, 4.69) is 0 Å². The van der Waals surface area contributed by atoms with Crippen LogP contribution >= 0.6 is 23.2 Å². The van der Waals surface area contributed by atoms with E-state index >= 15 is 0 Å². The van der Waals surface area contributed by atoms with Gasteiger partial charge in [-0.2, -0.15) is 0 Å². The Balaban J connectivity index is 2.54. The average Bonchev–Trinajstić information content (AvgIpc) is 2.22. The van der Waals surface area contributed by atoms with E-state index in [4.69, 9.17) is 23.2 Å². The predicted octanol–water partition coefficient (Wildman–Crippen LogP) is 4.51. The van der Waals surface area contributed by atoms with Crippen molar-refractivity contribution in [3.63, 3.8) is 0 Å². The number of halogens is 3. The lowest BCUT2D eigenvalue weighted by Gasteiger charge is -2.05. The van der Waals surface area contributed by atoms with Gasteiger partial charge in [0.25, 0.3) is 0 Å². The molecule has 2 aromatic carbocycles. The SMILES string of the molecule is Oc1cc(-c2ccc(Cl)cc2F)ccc1Cl. The number of hydrogen-bond acceptors (Lipinski definition) is 1. The quantitative estimate of drug-likeness (QED) is 0.797. The fourth-order valence-electron chi connectivity index (χ4n) is 1.40. The van der Waals surface area contributed by atoms with Crippen LogP contribution in [0.5, 0.6) is 5.75 Å². The maximum absolute atomic E-state index is 13.6. The van der Waals surface area contributed by atoms with Crippen molar-refractivity contribution in [2.75, 3.05) is 0 Å². The molecule has 0 amide bonds. The topological polar surface area (TPSA) is 20.2 Å². The second kappa shape index (κ2) is 4.32. The number of aromatic hydroxyl groups is 1. The van der Waals surface area contributed by atoms with Crippen molar-refractivity contribution >= 4 is 23.2 Å². The third-order valence-electron chi connectivity index (χ3n) is 2.19. The highest BCUT2D eigenvalue weighted by molar-refractivity contribution is 6.32. The summed E-state index contributed by atoms with van der Waals surface area (Å²) in [6.07, 6.45) is 0. The number of phenols is 1. The molecule has 2 rings (SSSR count). The smallest absolute Gasteiger partial charge is 0.134 e. The van der Waals surface area contributed by atoms with Gasteiger partial charge < -0.3 is 5.11 Å². The van der Waals surface area contributed by atoms with Crippen molar-refractivity contribution in [2.24, 2.45) is 0 Å². The molecule has 0 heterocycles. The lowest BCUT2D eigenvalue weighted by atomic mass is 10.1. The Bertz CT molecular complexity index is 541. The van der Waals surface area contributed by atoms with Gasteiger partial charge in [-0.25, -0.2) is 4.39 Å². The van der Waals surface area contributed by atoms with E-state index in [1.54, 1.807) is 18.2 Å².